The number of benzene rings is 2. The molecule has 3 N–H and O–H groups in total. The average molecular weight is 538 g/mol. The van der Waals surface area contributed by atoms with Crippen LogP contribution in [0.4, 0.5) is 5.82 Å². The molecule has 8 nitrogen and oxygen atoms in total. The Hall–Kier alpha value is -3.78. The maximum Gasteiger partial charge on any atom is 0.236 e. The fourth-order valence-electron chi connectivity index (χ4n) is 7.27. The molecule has 0 saturated heterocycles. The fraction of sp³-hybridized carbons (Fsp3) is 0.438. The van der Waals surface area contributed by atoms with E-state index in [9.17, 15) is 4.79 Å². The molecule has 2 aromatic heterocycles. The van der Waals surface area contributed by atoms with E-state index in [1.807, 2.05) is 26.2 Å². The number of rotatable bonds is 9. The van der Waals surface area contributed by atoms with E-state index >= 15 is 0 Å². The van der Waals surface area contributed by atoms with Crippen LogP contribution in [0.25, 0.3) is 11.2 Å². The lowest BCUT2D eigenvalue weighted by Crippen LogP contribution is -2.59. The summed E-state index contributed by atoms with van der Waals surface area (Å²) in [6.07, 6.45) is 7.71. The van der Waals surface area contributed by atoms with Gasteiger partial charge in [0, 0.05) is 32.1 Å². The number of carbonyl (C=O) groups is 1. The number of hydrogen-bond acceptors (Lipinski definition) is 6. The lowest BCUT2D eigenvalue weighted by Gasteiger charge is -2.58. The van der Waals surface area contributed by atoms with Crippen molar-refractivity contribution >= 4 is 22.9 Å². The van der Waals surface area contributed by atoms with Crippen LogP contribution in [0.2, 0.25) is 0 Å². The fourth-order valence-corrected chi connectivity index (χ4v) is 7.27. The molecule has 208 valence electrons. The van der Waals surface area contributed by atoms with Crippen molar-refractivity contribution in [3.63, 3.8) is 0 Å². The number of likely N-dealkylation sites (N-methyl/N-ethyl adjacent to an activating group) is 1. The number of nitrogens with one attached hydrogen (secondary N) is 1. The van der Waals surface area contributed by atoms with Crippen LogP contribution in [-0.2, 0) is 10.2 Å². The first kappa shape index (κ1) is 26.4. The van der Waals surface area contributed by atoms with Gasteiger partial charge in [-0.3, -0.25) is 9.69 Å². The Balaban J connectivity index is 1.30. The third kappa shape index (κ3) is 4.85. The Bertz CT molecular complexity index is 1440. The molecule has 2 aromatic carbocycles. The second-order valence-electron chi connectivity index (χ2n) is 12.0. The lowest BCUT2D eigenvalue weighted by atomic mass is 9.54. The van der Waals surface area contributed by atoms with Gasteiger partial charge in [0.05, 0.1) is 6.54 Å². The summed E-state index contributed by atoms with van der Waals surface area (Å²) < 4.78 is 0. The van der Waals surface area contributed by atoms with Crippen LogP contribution in [0.3, 0.4) is 0 Å². The van der Waals surface area contributed by atoms with Crippen LogP contribution in [0, 0.1) is 0 Å². The predicted molar refractivity (Wildman–Crippen MR) is 158 cm³/mol. The summed E-state index contributed by atoms with van der Waals surface area (Å²) in [6.45, 7) is 1.24. The smallest absolute Gasteiger partial charge is 0.236 e. The van der Waals surface area contributed by atoms with Gasteiger partial charge >= 0.3 is 0 Å². The third-order valence-corrected chi connectivity index (χ3v) is 9.70. The van der Waals surface area contributed by atoms with Crippen molar-refractivity contribution in [2.75, 3.05) is 32.9 Å². The first-order chi connectivity index (χ1) is 19.4. The molecular formula is C32H39N7O. The molecule has 3 fully saturated rings. The molecule has 0 radical (unpaired) electrons. The molecular weight excluding hydrogens is 498 g/mol. The van der Waals surface area contributed by atoms with Gasteiger partial charge in [-0.2, -0.15) is 10.3 Å². The van der Waals surface area contributed by atoms with Crippen molar-refractivity contribution in [1.29, 1.82) is 0 Å². The molecule has 7 rings (SSSR count). The number of aromatic amines is 1. The molecule has 3 aliphatic rings. The second kappa shape index (κ2) is 10.7. The molecule has 0 unspecified atom stereocenters. The topological polar surface area (TPSA) is 104 Å². The Labute approximate surface area is 236 Å². The highest BCUT2D eigenvalue weighted by molar-refractivity contribution is 5.78. The van der Waals surface area contributed by atoms with Crippen LogP contribution < -0.4 is 5.73 Å². The molecule has 1 atom stereocenters. The summed E-state index contributed by atoms with van der Waals surface area (Å²) >= 11 is 0. The SMILES string of the molecule is CN(C)C(=O)CN(CC[C@H](c1ccccc1)c1cc(N)nc2n[nH]nc12)C12CCC(c3ccccc3)(CC1)CC2. The van der Waals surface area contributed by atoms with Crippen molar-refractivity contribution in [3.8, 4) is 0 Å². The van der Waals surface area contributed by atoms with Crippen LogP contribution in [0.15, 0.2) is 66.7 Å². The van der Waals surface area contributed by atoms with Crippen LogP contribution in [0.5, 0.6) is 0 Å². The zero-order chi connectivity index (χ0) is 27.7. The number of carbonyl (C=O) groups excluding carboxylic acids is 1. The van der Waals surface area contributed by atoms with Gasteiger partial charge in [-0.1, -0.05) is 60.7 Å². The number of aromatic nitrogens is 4. The molecule has 2 bridgehead atoms. The summed E-state index contributed by atoms with van der Waals surface area (Å²) in [5, 5.41) is 11.4. The molecule has 8 heteroatoms. The van der Waals surface area contributed by atoms with Crippen molar-refractivity contribution in [1.82, 2.24) is 30.2 Å². The van der Waals surface area contributed by atoms with Crippen LogP contribution in [0.1, 0.15) is 67.6 Å². The Morgan fingerprint density at radius 3 is 2.25 bits per heavy atom. The van der Waals surface area contributed by atoms with Crippen molar-refractivity contribution < 1.29 is 4.79 Å². The van der Waals surface area contributed by atoms with E-state index in [0.29, 0.717) is 18.0 Å². The van der Waals surface area contributed by atoms with Crippen molar-refractivity contribution in [2.24, 2.45) is 0 Å². The normalized spacial score (nSPS) is 23.0. The van der Waals surface area contributed by atoms with Crippen LogP contribution >= 0.6 is 0 Å². The number of pyridine rings is 1. The number of H-pyrrole nitrogens is 1. The molecule has 3 saturated carbocycles. The van der Waals surface area contributed by atoms with Gasteiger partial charge in [-0.15, -0.1) is 5.10 Å². The van der Waals surface area contributed by atoms with Gasteiger partial charge < -0.3 is 10.6 Å². The van der Waals surface area contributed by atoms with Gasteiger partial charge in [-0.25, -0.2) is 4.98 Å². The van der Waals surface area contributed by atoms with Gasteiger partial charge in [0.2, 0.25) is 11.6 Å². The highest BCUT2D eigenvalue weighted by Gasteiger charge is 2.52. The maximum atomic E-state index is 13.2. The van der Waals surface area contributed by atoms with Crippen molar-refractivity contribution in [2.45, 2.75) is 61.8 Å². The predicted octanol–water partition coefficient (Wildman–Crippen LogP) is 4.89. The third-order valence-electron chi connectivity index (χ3n) is 9.70. The standard InChI is InChI=1S/C32H39N7O/c1-38(2)28(40)22-39(32-17-14-31(15-18-32,16-19-32)24-11-7-4-8-12-24)20-13-25(23-9-5-3-6-10-23)26-21-27(33)34-30-29(26)35-37-36-30/h3-12,21,25H,13-20,22H2,1-2H3,(H3,33,34,35,36,37)/t25-,31?,32?/m1/s1. The summed E-state index contributed by atoms with van der Waals surface area (Å²) in [5.41, 5.74) is 11.5. The van der Waals surface area contributed by atoms with E-state index in [1.165, 1.54) is 30.4 Å². The molecule has 2 heterocycles. The summed E-state index contributed by atoms with van der Waals surface area (Å²) in [4.78, 5) is 21.8. The Morgan fingerprint density at radius 2 is 1.60 bits per heavy atom. The van der Waals surface area contributed by atoms with Gasteiger partial charge in [0.1, 0.15) is 11.3 Å². The summed E-state index contributed by atoms with van der Waals surface area (Å²) in [7, 11) is 3.71. The molecule has 4 aromatic rings. The highest BCUT2D eigenvalue weighted by Crippen LogP contribution is 2.55. The number of amides is 1. The first-order valence-electron chi connectivity index (χ1n) is 14.4. The zero-order valence-corrected chi connectivity index (χ0v) is 23.5. The number of hydrogen-bond donors (Lipinski definition) is 2. The van der Waals surface area contributed by atoms with E-state index < -0.39 is 0 Å². The number of anilines is 1. The van der Waals surface area contributed by atoms with E-state index in [1.54, 1.807) is 4.90 Å². The second-order valence-corrected chi connectivity index (χ2v) is 12.0. The molecule has 0 spiro atoms. The highest BCUT2D eigenvalue weighted by atomic mass is 16.2. The largest absolute Gasteiger partial charge is 0.384 e. The van der Waals surface area contributed by atoms with Crippen LogP contribution in [-0.4, -0.2) is 68.8 Å². The van der Waals surface area contributed by atoms with Gasteiger partial charge in [0.15, 0.2) is 0 Å². The quantitative estimate of drug-likeness (QED) is 0.315. The van der Waals surface area contributed by atoms with E-state index in [0.717, 1.165) is 43.3 Å². The summed E-state index contributed by atoms with van der Waals surface area (Å²) in [6, 6.07) is 23.5. The monoisotopic (exact) mass is 537 g/mol. The zero-order valence-electron chi connectivity index (χ0n) is 23.5. The molecule has 0 aliphatic heterocycles. The number of fused-ring (bicyclic) bond motifs is 4. The molecule has 1 amide bonds. The minimum Gasteiger partial charge on any atom is -0.384 e. The minimum atomic E-state index is 0.0445. The lowest BCUT2D eigenvalue weighted by molar-refractivity contribution is -0.133. The minimum absolute atomic E-state index is 0.0445. The van der Waals surface area contributed by atoms with E-state index in [4.69, 9.17) is 5.73 Å². The van der Waals surface area contributed by atoms with Crippen molar-refractivity contribution in [3.05, 3.63) is 83.4 Å². The average Bonchev–Trinajstić information content (AvgIpc) is 3.47. The van der Waals surface area contributed by atoms with E-state index in [2.05, 4.69) is 79.9 Å². The Kier molecular flexibility index (Phi) is 7.04. The molecule has 3 aliphatic carbocycles. The Morgan fingerprint density at radius 1 is 0.950 bits per heavy atom. The first-order valence-corrected chi connectivity index (χ1v) is 14.4. The van der Waals surface area contributed by atoms with Gasteiger partial charge in [0.25, 0.3) is 0 Å². The summed E-state index contributed by atoms with van der Waals surface area (Å²) in [5.74, 6) is 0.638. The number of nitrogen functional groups attached to an aromatic ring is 1. The maximum absolute atomic E-state index is 13.2. The number of nitrogens with zero attached hydrogens (tertiary/aromatic N) is 5. The van der Waals surface area contributed by atoms with E-state index in [-0.39, 0.29) is 22.8 Å². The number of nitrogens with two attached hydrogens (primary N) is 1. The molecule has 40 heavy (non-hydrogen) atoms. The van der Waals surface area contributed by atoms with Gasteiger partial charge in [-0.05, 0) is 73.1 Å².